The lowest BCUT2D eigenvalue weighted by Gasteiger charge is -2.42. The number of aromatic nitrogens is 2. The molecule has 1 aromatic heterocycles. The second-order valence-corrected chi connectivity index (χ2v) is 5.89. The van der Waals surface area contributed by atoms with Gasteiger partial charge in [0.15, 0.2) is 0 Å². The minimum atomic E-state index is -0.811. The number of halogens is 1. The molecule has 1 heterocycles. The number of rotatable bonds is 2. The third kappa shape index (κ3) is 2.11. The molecule has 2 rings (SSSR count). The second-order valence-electron chi connectivity index (χ2n) is 5.49. The summed E-state index contributed by atoms with van der Waals surface area (Å²) in [6.07, 6.45) is 5.73. The fourth-order valence-electron chi connectivity index (χ4n) is 3.26. The van der Waals surface area contributed by atoms with E-state index in [9.17, 15) is 5.11 Å². The first-order chi connectivity index (χ1) is 7.97. The van der Waals surface area contributed by atoms with Gasteiger partial charge in [-0.15, -0.1) is 0 Å². The van der Waals surface area contributed by atoms with Gasteiger partial charge >= 0.3 is 0 Å². The van der Waals surface area contributed by atoms with Gasteiger partial charge in [0.1, 0.15) is 5.60 Å². The average Bonchev–Trinajstić information content (AvgIpc) is 2.59. The quantitative estimate of drug-likeness (QED) is 0.883. The second kappa shape index (κ2) is 4.62. The maximum atomic E-state index is 11.1. The molecule has 0 aromatic carbocycles. The summed E-state index contributed by atoms with van der Waals surface area (Å²) in [7, 11) is 1.85. The molecule has 1 saturated carbocycles. The number of aliphatic hydroxyl groups is 1. The summed E-state index contributed by atoms with van der Waals surface area (Å²) < 4.78 is 1.73. The summed E-state index contributed by atoms with van der Waals surface area (Å²) in [5.41, 5.74) is -0.0214. The van der Waals surface area contributed by atoms with E-state index < -0.39 is 5.60 Å². The molecule has 1 N–H and O–H groups in total. The van der Waals surface area contributed by atoms with Crippen molar-refractivity contribution in [3.63, 3.8) is 0 Å². The average molecular weight is 257 g/mol. The minimum Gasteiger partial charge on any atom is -0.383 e. The van der Waals surface area contributed by atoms with E-state index >= 15 is 0 Å². The molecule has 2 atom stereocenters. The predicted octanol–water partition coefficient (Wildman–Crippen LogP) is 3.11. The first-order valence-corrected chi connectivity index (χ1v) is 6.75. The Kier molecular flexibility index (Phi) is 3.50. The fraction of sp³-hybridized carbons (Fsp3) is 0.769. The summed E-state index contributed by atoms with van der Waals surface area (Å²) in [4.78, 5) is 0. The van der Waals surface area contributed by atoms with Crippen molar-refractivity contribution >= 4 is 11.6 Å². The van der Waals surface area contributed by atoms with Crippen LogP contribution in [0.25, 0.3) is 0 Å². The summed E-state index contributed by atoms with van der Waals surface area (Å²) in [6, 6.07) is 0. The largest absolute Gasteiger partial charge is 0.383 e. The van der Waals surface area contributed by atoms with Crippen LogP contribution >= 0.6 is 11.6 Å². The topological polar surface area (TPSA) is 38.1 Å². The predicted molar refractivity (Wildman–Crippen MR) is 68.9 cm³/mol. The van der Waals surface area contributed by atoms with Gasteiger partial charge in [0.25, 0.3) is 0 Å². The van der Waals surface area contributed by atoms with Crippen molar-refractivity contribution in [2.45, 2.75) is 45.1 Å². The Morgan fingerprint density at radius 1 is 1.53 bits per heavy atom. The van der Waals surface area contributed by atoms with E-state index in [1.165, 1.54) is 6.42 Å². The Morgan fingerprint density at radius 2 is 2.24 bits per heavy atom. The number of hydrogen-bond donors (Lipinski definition) is 1. The molecule has 0 radical (unpaired) electrons. The summed E-state index contributed by atoms with van der Waals surface area (Å²) >= 11 is 6.19. The molecule has 2 unspecified atom stereocenters. The Balaban J connectivity index is 2.45. The molecule has 0 spiro atoms. The van der Waals surface area contributed by atoms with E-state index in [1.807, 2.05) is 7.05 Å². The lowest BCUT2D eigenvalue weighted by Crippen LogP contribution is -2.42. The van der Waals surface area contributed by atoms with Crippen LogP contribution in [0, 0.1) is 11.8 Å². The normalized spacial score (nSPS) is 29.9. The molecule has 17 heavy (non-hydrogen) atoms. The summed E-state index contributed by atoms with van der Waals surface area (Å²) in [5.74, 6) is 0.718. The molecule has 1 aromatic rings. The smallest absolute Gasteiger partial charge is 0.111 e. The van der Waals surface area contributed by atoms with Crippen molar-refractivity contribution in [2.24, 2.45) is 18.9 Å². The SMILES string of the molecule is CC(C)C1CCCCC1(O)c1c(Cl)cnn1C. The van der Waals surface area contributed by atoms with E-state index in [0.29, 0.717) is 10.9 Å². The number of hydrogen-bond acceptors (Lipinski definition) is 2. The maximum absolute atomic E-state index is 11.1. The Bertz CT molecular complexity index is 383. The van der Waals surface area contributed by atoms with E-state index in [1.54, 1.807) is 10.9 Å². The van der Waals surface area contributed by atoms with Gasteiger partial charge in [0, 0.05) is 7.05 Å². The van der Waals surface area contributed by atoms with Gasteiger partial charge in [-0.25, -0.2) is 0 Å². The zero-order valence-electron chi connectivity index (χ0n) is 10.8. The van der Waals surface area contributed by atoms with Gasteiger partial charge in [-0.3, -0.25) is 4.68 Å². The Hall–Kier alpha value is -0.540. The standard InChI is InChI=1S/C13H21ClN2O/c1-9(2)10-6-4-5-7-13(10,17)12-11(14)8-15-16(12)3/h8-10,17H,4-7H2,1-3H3. The maximum Gasteiger partial charge on any atom is 0.111 e. The van der Waals surface area contributed by atoms with Crippen molar-refractivity contribution in [1.82, 2.24) is 9.78 Å². The Labute approximate surface area is 108 Å². The van der Waals surface area contributed by atoms with Crippen LogP contribution in [0.15, 0.2) is 6.20 Å². The molecular weight excluding hydrogens is 236 g/mol. The molecular formula is C13H21ClN2O. The van der Waals surface area contributed by atoms with Crippen LogP contribution < -0.4 is 0 Å². The highest BCUT2D eigenvalue weighted by Gasteiger charge is 2.44. The van der Waals surface area contributed by atoms with E-state index in [4.69, 9.17) is 11.6 Å². The molecule has 1 fully saturated rings. The highest BCUT2D eigenvalue weighted by Crippen LogP contribution is 2.46. The van der Waals surface area contributed by atoms with Crippen molar-refractivity contribution in [3.8, 4) is 0 Å². The van der Waals surface area contributed by atoms with Crippen LogP contribution in [0.3, 0.4) is 0 Å². The molecule has 0 amide bonds. The van der Waals surface area contributed by atoms with Crippen molar-refractivity contribution < 1.29 is 5.11 Å². The van der Waals surface area contributed by atoms with Crippen LogP contribution in [0.4, 0.5) is 0 Å². The van der Waals surface area contributed by atoms with Gasteiger partial charge in [0.2, 0.25) is 0 Å². The van der Waals surface area contributed by atoms with Gasteiger partial charge < -0.3 is 5.11 Å². The van der Waals surface area contributed by atoms with Gasteiger partial charge in [-0.2, -0.15) is 5.10 Å². The van der Waals surface area contributed by atoms with Gasteiger partial charge in [-0.1, -0.05) is 38.3 Å². The summed E-state index contributed by atoms with van der Waals surface area (Å²) in [5, 5.41) is 15.8. The van der Waals surface area contributed by atoms with Gasteiger partial charge in [-0.05, 0) is 24.7 Å². The lowest BCUT2D eigenvalue weighted by molar-refractivity contribution is -0.0778. The van der Waals surface area contributed by atoms with Crippen molar-refractivity contribution in [1.29, 1.82) is 0 Å². The van der Waals surface area contributed by atoms with E-state index in [2.05, 4.69) is 18.9 Å². The molecule has 0 aliphatic heterocycles. The van der Waals surface area contributed by atoms with Crippen molar-refractivity contribution in [3.05, 3.63) is 16.9 Å². The van der Waals surface area contributed by atoms with Crippen LogP contribution in [0.1, 0.15) is 45.2 Å². The zero-order valence-corrected chi connectivity index (χ0v) is 11.5. The molecule has 4 heteroatoms. The molecule has 0 bridgehead atoms. The van der Waals surface area contributed by atoms with Crippen LogP contribution in [-0.2, 0) is 12.6 Å². The van der Waals surface area contributed by atoms with Crippen LogP contribution in [-0.4, -0.2) is 14.9 Å². The van der Waals surface area contributed by atoms with Crippen molar-refractivity contribution in [2.75, 3.05) is 0 Å². The molecule has 0 saturated heterocycles. The fourth-order valence-corrected chi connectivity index (χ4v) is 3.59. The van der Waals surface area contributed by atoms with Crippen LogP contribution in [0.2, 0.25) is 5.02 Å². The minimum absolute atomic E-state index is 0.268. The first-order valence-electron chi connectivity index (χ1n) is 6.37. The third-order valence-electron chi connectivity index (χ3n) is 4.05. The Morgan fingerprint density at radius 3 is 2.76 bits per heavy atom. The zero-order chi connectivity index (χ0) is 12.6. The first kappa shape index (κ1) is 12.9. The van der Waals surface area contributed by atoms with E-state index in [0.717, 1.165) is 25.0 Å². The molecule has 96 valence electrons. The molecule has 1 aliphatic rings. The van der Waals surface area contributed by atoms with E-state index in [-0.39, 0.29) is 5.92 Å². The van der Waals surface area contributed by atoms with Gasteiger partial charge in [0.05, 0.1) is 16.9 Å². The molecule has 1 aliphatic carbocycles. The third-order valence-corrected chi connectivity index (χ3v) is 4.32. The summed E-state index contributed by atoms with van der Waals surface area (Å²) in [6.45, 7) is 4.34. The monoisotopic (exact) mass is 256 g/mol. The molecule has 3 nitrogen and oxygen atoms in total. The highest BCUT2D eigenvalue weighted by molar-refractivity contribution is 6.31. The van der Waals surface area contributed by atoms with Crippen LogP contribution in [0.5, 0.6) is 0 Å². The lowest BCUT2D eigenvalue weighted by atomic mass is 9.68. The number of aryl methyl sites for hydroxylation is 1. The number of nitrogens with zero attached hydrogens (tertiary/aromatic N) is 2. The highest BCUT2D eigenvalue weighted by atomic mass is 35.5.